The van der Waals surface area contributed by atoms with Gasteiger partial charge in [0.05, 0.1) is 6.04 Å². The lowest BCUT2D eigenvalue weighted by Crippen LogP contribution is -2.34. The van der Waals surface area contributed by atoms with E-state index >= 15 is 0 Å². The highest BCUT2D eigenvalue weighted by Crippen LogP contribution is 2.36. The van der Waals surface area contributed by atoms with Crippen LogP contribution in [-0.4, -0.2) is 18.0 Å². The van der Waals surface area contributed by atoms with Crippen LogP contribution >= 0.6 is 0 Å². The number of nitrogens with zero attached hydrogens (tertiary/aromatic N) is 1. The first-order chi connectivity index (χ1) is 16.8. The minimum atomic E-state index is -0.247. The second kappa shape index (κ2) is 10.6. The Morgan fingerprint density at radius 3 is 2.12 bits per heavy atom. The smallest absolute Gasteiger partial charge is 0.125 e. The van der Waals surface area contributed by atoms with Gasteiger partial charge in [-0.15, -0.1) is 0 Å². The van der Waals surface area contributed by atoms with Gasteiger partial charge in [-0.2, -0.15) is 0 Å². The molecule has 1 N–H and O–H groups in total. The van der Waals surface area contributed by atoms with Crippen LogP contribution < -0.4 is 10.1 Å². The summed E-state index contributed by atoms with van der Waals surface area (Å²) in [4.78, 5) is 2.45. The molecule has 4 heteroatoms. The van der Waals surface area contributed by atoms with Crippen molar-refractivity contribution in [2.75, 3.05) is 13.1 Å². The van der Waals surface area contributed by atoms with Crippen molar-refractivity contribution in [2.24, 2.45) is 0 Å². The molecule has 0 aliphatic carbocycles. The van der Waals surface area contributed by atoms with Crippen LogP contribution in [0.25, 0.3) is 0 Å². The third-order valence-electron chi connectivity index (χ3n) is 6.31. The van der Waals surface area contributed by atoms with Gasteiger partial charge in [0.1, 0.15) is 18.2 Å². The van der Waals surface area contributed by atoms with Gasteiger partial charge in [-0.1, -0.05) is 84.9 Å². The van der Waals surface area contributed by atoms with E-state index in [1.807, 2.05) is 12.1 Å². The molecule has 0 fully saturated rings. The zero-order valence-electron chi connectivity index (χ0n) is 19.2. The number of ether oxygens (including phenoxy) is 1. The molecule has 0 bridgehead atoms. The van der Waals surface area contributed by atoms with Crippen LogP contribution in [0.4, 0.5) is 4.39 Å². The summed E-state index contributed by atoms with van der Waals surface area (Å²) < 4.78 is 20.2. The summed E-state index contributed by atoms with van der Waals surface area (Å²) in [5, 5.41) is 3.71. The van der Waals surface area contributed by atoms with Gasteiger partial charge in [0.25, 0.3) is 0 Å². The van der Waals surface area contributed by atoms with E-state index in [0.29, 0.717) is 6.61 Å². The number of benzene rings is 4. The second-order valence-electron chi connectivity index (χ2n) is 8.74. The number of fused-ring (bicyclic) bond motifs is 2. The summed E-state index contributed by atoms with van der Waals surface area (Å²) in [5.74, 6) is 0.490. The Morgan fingerprint density at radius 1 is 0.765 bits per heavy atom. The molecule has 0 saturated heterocycles. The van der Waals surface area contributed by atoms with E-state index in [1.165, 1.54) is 17.2 Å². The van der Waals surface area contributed by atoms with Gasteiger partial charge < -0.3 is 10.1 Å². The molecule has 1 aliphatic heterocycles. The minimum Gasteiger partial charge on any atom is -0.489 e. The average molecular weight is 453 g/mol. The van der Waals surface area contributed by atoms with Crippen molar-refractivity contribution < 1.29 is 9.13 Å². The largest absolute Gasteiger partial charge is 0.489 e. The topological polar surface area (TPSA) is 24.5 Å². The highest BCUT2D eigenvalue weighted by molar-refractivity contribution is 5.46. The summed E-state index contributed by atoms with van der Waals surface area (Å²) in [6.45, 7) is 3.84. The Balaban J connectivity index is 1.35. The molecule has 0 aromatic heterocycles. The van der Waals surface area contributed by atoms with E-state index in [4.69, 9.17) is 4.74 Å². The van der Waals surface area contributed by atoms with Gasteiger partial charge in [-0.05, 0) is 40.5 Å². The van der Waals surface area contributed by atoms with E-state index in [9.17, 15) is 4.39 Å². The minimum absolute atomic E-state index is 0.125. The molecule has 3 nitrogen and oxygen atoms in total. The van der Waals surface area contributed by atoms with Gasteiger partial charge in [0.15, 0.2) is 0 Å². The van der Waals surface area contributed by atoms with Gasteiger partial charge in [0.2, 0.25) is 0 Å². The molecule has 0 radical (unpaired) electrons. The fourth-order valence-corrected chi connectivity index (χ4v) is 4.63. The molecule has 0 spiro atoms. The predicted octanol–water partition coefficient (Wildman–Crippen LogP) is 6.10. The fourth-order valence-electron chi connectivity index (χ4n) is 4.63. The van der Waals surface area contributed by atoms with Crippen LogP contribution in [-0.2, 0) is 19.7 Å². The van der Waals surface area contributed by atoms with E-state index in [2.05, 4.69) is 83.0 Å². The lowest BCUT2D eigenvalue weighted by molar-refractivity contribution is 0.254. The third-order valence-corrected chi connectivity index (χ3v) is 6.31. The Bertz CT molecular complexity index is 1170. The molecular formula is C30H29FN2O. The number of hydrogen-bond donors (Lipinski definition) is 1. The summed E-state index contributed by atoms with van der Waals surface area (Å²) in [6.07, 6.45) is 0. The first kappa shape index (κ1) is 22.3. The zero-order chi connectivity index (χ0) is 23.2. The zero-order valence-corrected chi connectivity index (χ0v) is 19.2. The number of halogens is 1. The maximum absolute atomic E-state index is 14.2. The molecule has 4 aromatic carbocycles. The van der Waals surface area contributed by atoms with E-state index in [-0.39, 0.29) is 11.9 Å². The molecule has 4 aromatic rings. The average Bonchev–Trinajstić information content (AvgIpc) is 3.02. The van der Waals surface area contributed by atoms with Gasteiger partial charge >= 0.3 is 0 Å². The fraction of sp³-hybridized carbons (Fsp3) is 0.200. The predicted molar refractivity (Wildman–Crippen MR) is 134 cm³/mol. The van der Waals surface area contributed by atoms with Crippen molar-refractivity contribution in [1.29, 1.82) is 0 Å². The molecule has 0 amide bonds. The van der Waals surface area contributed by atoms with E-state index in [0.717, 1.165) is 48.6 Å². The molecule has 34 heavy (non-hydrogen) atoms. The lowest BCUT2D eigenvalue weighted by Gasteiger charge is -2.26. The van der Waals surface area contributed by atoms with Crippen LogP contribution in [0.1, 0.15) is 33.9 Å². The highest BCUT2D eigenvalue weighted by Gasteiger charge is 2.25. The molecule has 1 aliphatic rings. The molecule has 172 valence electrons. The number of rotatable bonds is 8. The van der Waals surface area contributed by atoms with Crippen molar-refractivity contribution in [2.45, 2.75) is 25.7 Å². The summed E-state index contributed by atoms with van der Waals surface area (Å²) in [7, 11) is 0. The Hall–Kier alpha value is -3.47. The van der Waals surface area contributed by atoms with Crippen molar-refractivity contribution in [3.63, 3.8) is 0 Å². The van der Waals surface area contributed by atoms with Crippen LogP contribution in [0.15, 0.2) is 103 Å². The Morgan fingerprint density at radius 2 is 1.41 bits per heavy atom. The Kier molecular flexibility index (Phi) is 6.99. The molecule has 1 heterocycles. The molecule has 1 unspecified atom stereocenters. The number of nitrogens with one attached hydrogen (secondary N) is 1. The second-order valence-corrected chi connectivity index (χ2v) is 8.74. The van der Waals surface area contributed by atoms with Gasteiger partial charge in [-0.3, -0.25) is 4.90 Å². The SMILES string of the molecule is Fc1ccc2c(c1)C(NCCN(Cc1ccccc1)Cc1ccccc1)c1ccccc1CO2. The molecule has 1 atom stereocenters. The van der Waals surface area contributed by atoms with Crippen LogP contribution in [0.5, 0.6) is 5.75 Å². The van der Waals surface area contributed by atoms with Crippen molar-refractivity contribution in [3.05, 3.63) is 137 Å². The van der Waals surface area contributed by atoms with Crippen molar-refractivity contribution in [1.82, 2.24) is 10.2 Å². The van der Waals surface area contributed by atoms with Crippen LogP contribution in [0, 0.1) is 5.82 Å². The van der Waals surface area contributed by atoms with Crippen molar-refractivity contribution >= 4 is 0 Å². The van der Waals surface area contributed by atoms with Gasteiger partial charge in [-0.25, -0.2) is 4.39 Å². The number of hydrogen-bond acceptors (Lipinski definition) is 3. The van der Waals surface area contributed by atoms with Gasteiger partial charge in [0, 0.05) is 31.7 Å². The highest BCUT2D eigenvalue weighted by atomic mass is 19.1. The lowest BCUT2D eigenvalue weighted by atomic mass is 9.95. The molecular weight excluding hydrogens is 423 g/mol. The quantitative estimate of drug-likeness (QED) is 0.350. The van der Waals surface area contributed by atoms with E-state index < -0.39 is 0 Å². The monoisotopic (exact) mass is 452 g/mol. The van der Waals surface area contributed by atoms with Crippen molar-refractivity contribution in [3.8, 4) is 5.75 Å². The molecule has 0 saturated carbocycles. The van der Waals surface area contributed by atoms with Crippen LogP contribution in [0.3, 0.4) is 0 Å². The maximum atomic E-state index is 14.2. The molecule has 5 rings (SSSR count). The first-order valence-corrected chi connectivity index (χ1v) is 11.8. The Labute approximate surface area is 200 Å². The standard InChI is InChI=1S/C30H29FN2O/c31-26-15-16-29-28(19-26)30(27-14-8-7-13-25(27)22-34-29)32-17-18-33(20-23-9-3-1-4-10-23)21-24-11-5-2-6-12-24/h1-16,19,30,32H,17-18,20-22H2. The maximum Gasteiger partial charge on any atom is 0.125 e. The van der Waals surface area contributed by atoms with E-state index in [1.54, 1.807) is 12.1 Å². The first-order valence-electron chi connectivity index (χ1n) is 11.8. The third kappa shape index (κ3) is 5.36. The summed E-state index contributed by atoms with van der Waals surface area (Å²) >= 11 is 0. The summed E-state index contributed by atoms with van der Waals surface area (Å²) in [6, 6.07) is 34.1. The van der Waals surface area contributed by atoms with Crippen LogP contribution in [0.2, 0.25) is 0 Å². The summed E-state index contributed by atoms with van der Waals surface area (Å²) in [5.41, 5.74) is 5.70. The normalized spacial score (nSPS) is 14.7.